The summed E-state index contributed by atoms with van der Waals surface area (Å²) >= 11 is 1.40. The number of aromatic carboxylic acids is 1. The number of carbonyl (C=O) groups is 1. The molecule has 1 N–H and O–H groups in total. The summed E-state index contributed by atoms with van der Waals surface area (Å²) in [5.41, 5.74) is -0.0441. The molecule has 0 amide bonds. The van der Waals surface area contributed by atoms with Crippen LogP contribution in [0.4, 0.5) is 0 Å². The van der Waals surface area contributed by atoms with Crippen molar-refractivity contribution < 1.29 is 14.3 Å². The third-order valence-corrected chi connectivity index (χ3v) is 2.29. The van der Waals surface area contributed by atoms with Crippen molar-refractivity contribution in [3.63, 3.8) is 0 Å². The fourth-order valence-electron chi connectivity index (χ4n) is 0.737. The number of aromatic nitrogens is 1. The monoisotopic (exact) mass is 216 g/mol. The fraction of sp³-hybridized carbons (Fsp3) is 0.500. The Balaban J connectivity index is 2.40. The number of oxazole rings is 1. The van der Waals surface area contributed by atoms with Crippen LogP contribution in [-0.4, -0.2) is 47.4 Å². The van der Waals surface area contributed by atoms with Crippen molar-refractivity contribution >= 4 is 17.7 Å². The SMILES string of the molecule is CN(C)CCSc1nc(C(=O)O)co1. The molecular weight excluding hydrogens is 204 g/mol. The van der Waals surface area contributed by atoms with Crippen LogP contribution in [0, 0.1) is 0 Å². The first-order valence-corrected chi connectivity index (χ1v) is 5.04. The second-order valence-electron chi connectivity index (χ2n) is 2.96. The molecule has 0 saturated heterocycles. The zero-order valence-electron chi connectivity index (χ0n) is 8.06. The molecule has 1 aromatic heterocycles. The van der Waals surface area contributed by atoms with Crippen LogP contribution >= 0.6 is 11.8 Å². The predicted octanol–water partition coefficient (Wildman–Crippen LogP) is 1.03. The number of nitrogens with zero attached hydrogens (tertiary/aromatic N) is 2. The van der Waals surface area contributed by atoms with Gasteiger partial charge in [-0.25, -0.2) is 4.79 Å². The summed E-state index contributed by atoms with van der Waals surface area (Å²) in [7, 11) is 3.94. The van der Waals surface area contributed by atoms with Crippen molar-refractivity contribution in [1.29, 1.82) is 0 Å². The largest absolute Gasteiger partial charge is 0.476 e. The van der Waals surface area contributed by atoms with Crippen LogP contribution in [0.5, 0.6) is 0 Å². The first-order valence-electron chi connectivity index (χ1n) is 4.06. The Labute approximate surface area is 86.1 Å². The van der Waals surface area contributed by atoms with Crippen LogP contribution in [0.25, 0.3) is 0 Å². The quantitative estimate of drug-likeness (QED) is 0.741. The third-order valence-electron chi connectivity index (χ3n) is 1.47. The first kappa shape index (κ1) is 11.1. The Morgan fingerprint density at radius 3 is 2.93 bits per heavy atom. The second kappa shape index (κ2) is 5.02. The fourth-order valence-corrected chi connectivity index (χ4v) is 1.65. The highest BCUT2D eigenvalue weighted by atomic mass is 32.2. The van der Waals surface area contributed by atoms with Crippen LogP contribution < -0.4 is 0 Å². The number of hydrogen-bond donors (Lipinski definition) is 1. The molecule has 0 bridgehead atoms. The lowest BCUT2D eigenvalue weighted by molar-refractivity contribution is 0.0690. The van der Waals surface area contributed by atoms with E-state index in [1.165, 1.54) is 11.8 Å². The highest BCUT2D eigenvalue weighted by molar-refractivity contribution is 7.99. The van der Waals surface area contributed by atoms with Crippen LogP contribution in [0.1, 0.15) is 10.5 Å². The molecule has 0 spiro atoms. The van der Waals surface area contributed by atoms with Gasteiger partial charge in [0.1, 0.15) is 6.26 Å². The van der Waals surface area contributed by atoms with E-state index in [0.717, 1.165) is 18.6 Å². The zero-order valence-corrected chi connectivity index (χ0v) is 8.87. The molecule has 0 unspecified atom stereocenters. The Kier molecular flexibility index (Phi) is 3.97. The molecule has 78 valence electrons. The van der Waals surface area contributed by atoms with Gasteiger partial charge in [-0.05, 0) is 14.1 Å². The molecule has 0 aliphatic rings. The summed E-state index contributed by atoms with van der Waals surface area (Å²) in [6.07, 6.45) is 1.15. The lowest BCUT2D eigenvalue weighted by Gasteiger charge is -2.06. The molecule has 1 aromatic rings. The highest BCUT2D eigenvalue weighted by Crippen LogP contribution is 2.16. The molecule has 1 rings (SSSR count). The molecule has 0 aromatic carbocycles. The summed E-state index contributed by atoms with van der Waals surface area (Å²) in [4.78, 5) is 16.3. The molecule has 0 fully saturated rings. The minimum Gasteiger partial charge on any atom is -0.476 e. The number of carboxylic acid groups (broad SMARTS) is 1. The van der Waals surface area contributed by atoms with Crippen molar-refractivity contribution in [3.8, 4) is 0 Å². The van der Waals surface area contributed by atoms with Crippen LogP contribution in [0.15, 0.2) is 15.9 Å². The van der Waals surface area contributed by atoms with Crippen LogP contribution in [0.3, 0.4) is 0 Å². The summed E-state index contributed by atoms with van der Waals surface area (Å²) in [6.45, 7) is 0.898. The Hall–Kier alpha value is -1.01. The summed E-state index contributed by atoms with van der Waals surface area (Å²) < 4.78 is 4.96. The maximum Gasteiger partial charge on any atom is 0.357 e. The number of carboxylic acids is 1. The summed E-state index contributed by atoms with van der Waals surface area (Å²) in [5.74, 6) is -0.236. The van der Waals surface area contributed by atoms with E-state index in [1.54, 1.807) is 0 Å². The second-order valence-corrected chi connectivity index (χ2v) is 4.00. The van der Waals surface area contributed by atoms with Gasteiger partial charge in [-0.2, -0.15) is 4.98 Å². The Bertz CT molecular complexity index is 311. The minimum atomic E-state index is -1.06. The van der Waals surface area contributed by atoms with Gasteiger partial charge in [0.25, 0.3) is 5.22 Å². The number of hydrogen-bond acceptors (Lipinski definition) is 5. The lowest BCUT2D eigenvalue weighted by atomic mass is 10.5. The van der Waals surface area contributed by atoms with Crippen LogP contribution in [0.2, 0.25) is 0 Å². The molecule has 14 heavy (non-hydrogen) atoms. The van der Waals surface area contributed by atoms with Crippen molar-refractivity contribution in [2.75, 3.05) is 26.4 Å². The number of thioether (sulfide) groups is 1. The normalized spacial score (nSPS) is 10.8. The topological polar surface area (TPSA) is 66.6 Å². The molecule has 0 aliphatic carbocycles. The predicted molar refractivity (Wildman–Crippen MR) is 52.7 cm³/mol. The van der Waals surface area contributed by atoms with Gasteiger partial charge in [-0.3, -0.25) is 0 Å². The van der Waals surface area contributed by atoms with Gasteiger partial charge in [0.05, 0.1) is 0 Å². The maximum absolute atomic E-state index is 10.5. The molecule has 1 heterocycles. The van der Waals surface area contributed by atoms with E-state index in [9.17, 15) is 4.79 Å². The molecule has 5 nitrogen and oxygen atoms in total. The minimum absolute atomic E-state index is 0.0441. The Morgan fingerprint density at radius 2 is 2.43 bits per heavy atom. The first-order chi connectivity index (χ1) is 6.59. The van der Waals surface area contributed by atoms with Gasteiger partial charge in [0.2, 0.25) is 0 Å². The lowest BCUT2D eigenvalue weighted by Crippen LogP contribution is -2.14. The van der Waals surface area contributed by atoms with E-state index in [2.05, 4.69) is 4.98 Å². The van der Waals surface area contributed by atoms with E-state index in [1.807, 2.05) is 19.0 Å². The van der Waals surface area contributed by atoms with E-state index < -0.39 is 5.97 Å². The standard InChI is InChI=1S/C8H12N2O3S/c1-10(2)3-4-14-8-9-6(5-13-8)7(11)12/h5H,3-4H2,1-2H3,(H,11,12). The van der Waals surface area contributed by atoms with E-state index in [0.29, 0.717) is 5.22 Å². The molecule has 0 atom stereocenters. The summed E-state index contributed by atoms with van der Waals surface area (Å²) in [5, 5.41) is 8.98. The smallest absolute Gasteiger partial charge is 0.357 e. The highest BCUT2D eigenvalue weighted by Gasteiger charge is 2.10. The summed E-state index contributed by atoms with van der Waals surface area (Å²) in [6, 6.07) is 0. The van der Waals surface area contributed by atoms with Crippen LogP contribution in [-0.2, 0) is 0 Å². The van der Waals surface area contributed by atoms with Crippen molar-refractivity contribution in [3.05, 3.63) is 12.0 Å². The van der Waals surface area contributed by atoms with Gasteiger partial charge < -0.3 is 14.4 Å². The van der Waals surface area contributed by atoms with Gasteiger partial charge in [0.15, 0.2) is 5.69 Å². The average molecular weight is 216 g/mol. The maximum atomic E-state index is 10.5. The molecule has 0 radical (unpaired) electrons. The molecule has 0 saturated carbocycles. The van der Waals surface area contributed by atoms with E-state index in [-0.39, 0.29) is 5.69 Å². The van der Waals surface area contributed by atoms with E-state index >= 15 is 0 Å². The van der Waals surface area contributed by atoms with Crippen molar-refractivity contribution in [2.45, 2.75) is 5.22 Å². The van der Waals surface area contributed by atoms with Gasteiger partial charge in [-0.1, -0.05) is 11.8 Å². The molecule has 6 heteroatoms. The van der Waals surface area contributed by atoms with Crippen molar-refractivity contribution in [2.24, 2.45) is 0 Å². The molecular formula is C8H12N2O3S. The van der Waals surface area contributed by atoms with Gasteiger partial charge >= 0.3 is 5.97 Å². The number of rotatable bonds is 5. The zero-order chi connectivity index (χ0) is 10.6. The Morgan fingerprint density at radius 1 is 1.71 bits per heavy atom. The van der Waals surface area contributed by atoms with Crippen molar-refractivity contribution in [1.82, 2.24) is 9.88 Å². The molecule has 0 aliphatic heterocycles. The van der Waals surface area contributed by atoms with Gasteiger partial charge in [-0.15, -0.1) is 0 Å². The third kappa shape index (κ3) is 3.39. The average Bonchev–Trinajstić information content (AvgIpc) is 2.52. The van der Waals surface area contributed by atoms with E-state index in [4.69, 9.17) is 9.52 Å². The van der Waals surface area contributed by atoms with Gasteiger partial charge in [0, 0.05) is 12.3 Å².